The minimum atomic E-state index is -0.215. The Kier molecular flexibility index (Phi) is 5.08. The highest BCUT2D eigenvalue weighted by molar-refractivity contribution is 9.07. The van der Waals surface area contributed by atoms with E-state index in [1.807, 2.05) is 31.2 Å². The largest absolute Gasteiger partial charge is 0.268 e. The van der Waals surface area contributed by atoms with Gasteiger partial charge < -0.3 is 0 Å². The highest BCUT2D eigenvalue weighted by Gasteiger charge is 2.22. The van der Waals surface area contributed by atoms with Crippen LogP contribution in [0, 0.1) is 0 Å². The normalized spacial score (nSPS) is 12.0. The average Bonchev–Trinajstić information content (AvgIpc) is 2.46. The maximum atomic E-state index is 12.3. The second-order valence-electron chi connectivity index (χ2n) is 4.32. The van der Waals surface area contributed by atoms with Gasteiger partial charge in [-0.05, 0) is 36.8 Å². The third kappa shape index (κ3) is 3.35. The molecule has 2 aromatic carbocycles. The molecule has 0 aliphatic heterocycles. The van der Waals surface area contributed by atoms with Crippen molar-refractivity contribution in [1.29, 1.82) is 0 Å². The van der Waals surface area contributed by atoms with Gasteiger partial charge in [0.05, 0.1) is 22.2 Å². The fourth-order valence-electron chi connectivity index (χ4n) is 1.84. The third-order valence-electron chi connectivity index (χ3n) is 2.97. The summed E-state index contributed by atoms with van der Waals surface area (Å²) in [7, 11) is 0. The highest BCUT2D eigenvalue weighted by Crippen LogP contribution is 2.32. The van der Waals surface area contributed by atoms with E-state index in [4.69, 9.17) is 23.2 Å². The predicted octanol–water partition coefficient (Wildman–Crippen LogP) is 5.51. The predicted molar refractivity (Wildman–Crippen MR) is 86.4 cm³/mol. The van der Waals surface area contributed by atoms with Gasteiger partial charge in [-0.1, -0.05) is 47.5 Å². The van der Waals surface area contributed by atoms with Gasteiger partial charge >= 0.3 is 0 Å². The highest BCUT2D eigenvalue weighted by atomic mass is 79.9. The number of carbonyl (C=O) groups excluding carboxylic acids is 1. The maximum absolute atomic E-state index is 12.3. The Morgan fingerprint density at radius 1 is 1.15 bits per heavy atom. The third-order valence-corrected chi connectivity index (χ3v) is 4.47. The number of hydrogen-bond donors (Lipinski definition) is 0. The van der Waals surface area contributed by atoms with Crippen LogP contribution in [0.2, 0.25) is 10.0 Å². The van der Waals surface area contributed by atoms with Crippen molar-refractivity contribution in [2.45, 2.75) is 13.0 Å². The van der Waals surface area contributed by atoms with Crippen LogP contribution in [-0.2, 0) is 0 Å². The van der Waals surface area contributed by atoms with Gasteiger partial charge in [0.25, 0.3) is 5.91 Å². The van der Waals surface area contributed by atoms with Crippen LogP contribution in [0.1, 0.15) is 28.9 Å². The quantitative estimate of drug-likeness (QED) is 0.650. The molecular formula is C15H12BrCl2NO. The zero-order valence-corrected chi connectivity index (χ0v) is 13.8. The van der Waals surface area contributed by atoms with Gasteiger partial charge in [0, 0.05) is 15.6 Å². The van der Waals surface area contributed by atoms with Crippen molar-refractivity contribution in [2.24, 2.45) is 0 Å². The van der Waals surface area contributed by atoms with Gasteiger partial charge in [0.1, 0.15) is 0 Å². The van der Waals surface area contributed by atoms with Crippen molar-refractivity contribution in [1.82, 2.24) is 3.93 Å². The number of amides is 1. The summed E-state index contributed by atoms with van der Waals surface area (Å²) >= 11 is 15.4. The second-order valence-corrected chi connectivity index (χ2v) is 5.93. The first-order valence-corrected chi connectivity index (χ1v) is 7.46. The van der Waals surface area contributed by atoms with Crippen LogP contribution >= 0.6 is 39.3 Å². The Morgan fingerprint density at radius 3 is 2.40 bits per heavy atom. The molecule has 1 unspecified atom stereocenters. The van der Waals surface area contributed by atoms with E-state index >= 15 is 0 Å². The molecule has 0 radical (unpaired) electrons. The molecule has 2 nitrogen and oxygen atoms in total. The minimum Gasteiger partial charge on any atom is -0.268 e. The first-order chi connectivity index (χ1) is 9.50. The maximum Gasteiger partial charge on any atom is 0.264 e. The molecule has 5 heteroatoms. The van der Waals surface area contributed by atoms with Crippen LogP contribution in [0.5, 0.6) is 0 Å². The molecule has 20 heavy (non-hydrogen) atoms. The molecule has 0 saturated heterocycles. The van der Waals surface area contributed by atoms with Crippen LogP contribution in [0.4, 0.5) is 0 Å². The molecule has 0 aliphatic rings. The summed E-state index contributed by atoms with van der Waals surface area (Å²) in [4.78, 5) is 12.3. The molecule has 0 N–H and O–H groups in total. The van der Waals surface area contributed by atoms with Gasteiger partial charge in [0.15, 0.2) is 0 Å². The van der Waals surface area contributed by atoms with Crippen molar-refractivity contribution >= 4 is 45.3 Å². The number of nitrogens with zero attached hydrogens (tertiary/aromatic N) is 1. The van der Waals surface area contributed by atoms with Gasteiger partial charge in [-0.2, -0.15) is 0 Å². The van der Waals surface area contributed by atoms with Crippen molar-refractivity contribution in [3.8, 4) is 0 Å². The average molecular weight is 373 g/mol. The van der Waals surface area contributed by atoms with Gasteiger partial charge in [-0.15, -0.1) is 0 Å². The fraction of sp³-hybridized carbons (Fsp3) is 0.133. The molecule has 0 bridgehead atoms. The van der Waals surface area contributed by atoms with E-state index in [0.29, 0.717) is 15.6 Å². The lowest BCUT2D eigenvalue weighted by Gasteiger charge is -2.23. The monoisotopic (exact) mass is 371 g/mol. The minimum absolute atomic E-state index is 0.121. The van der Waals surface area contributed by atoms with Gasteiger partial charge in [0.2, 0.25) is 0 Å². The molecule has 0 aliphatic carbocycles. The summed E-state index contributed by atoms with van der Waals surface area (Å²) in [6.07, 6.45) is 0. The molecule has 0 spiro atoms. The molecule has 1 amide bonds. The molecule has 0 fully saturated rings. The number of rotatable bonds is 3. The summed E-state index contributed by atoms with van der Waals surface area (Å²) in [5.41, 5.74) is 1.44. The Hall–Kier alpha value is -1.03. The molecule has 2 rings (SSSR count). The standard InChI is InChI=1S/C15H12BrCl2NO/c1-10(13-8-7-12(17)9-14(13)18)19(16)15(20)11-5-3-2-4-6-11/h2-10H,1H3. The smallest absolute Gasteiger partial charge is 0.264 e. The first-order valence-electron chi connectivity index (χ1n) is 6.00. The summed E-state index contributed by atoms with van der Waals surface area (Å²) < 4.78 is 1.48. The van der Waals surface area contributed by atoms with Crippen LogP contribution < -0.4 is 0 Å². The number of halogens is 3. The first kappa shape index (κ1) is 15.4. The number of hydrogen-bond acceptors (Lipinski definition) is 1. The Bertz CT molecular complexity index is 619. The molecular weight excluding hydrogens is 361 g/mol. The fourth-order valence-corrected chi connectivity index (χ4v) is 2.83. The van der Waals surface area contributed by atoms with E-state index in [1.165, 1.54) is 3.93 Å². The van der Waals surface area contributed by atoms with E-state index in [1.54, 1.807) is 24.3 Å². The summed E-state index contributed by atoms with van der Waals surface area (Å²) in [5.74, 6) is -0.121. The van der Waals surface area contributed by atoms with Crippen LogP contribution in [0.25, 0.3) is 0 Å². The summed E-state index contributed by atoms with van der Waals surface area (Å²) in [6.45, 7) is 1.89. The van der Waals surface area contributed by atoms with E-state index in [0.717, 1.165) is 5.56 Å². The van der Waals surface area contributed by atoms with Crippen molar-refractivity contribution < 1.29 is 4.79 Å². The van der Waals surface area contributed by atoms with E-state index in [-0.39, 0.29) is 11.9 Å². The number of carbonyl (C=O) groups is 1. The number of benzene rings is 2. The molecule has 0 heterocycles. The van der Waals surface area contributed by atoms with Crippen molar-refractivity contribution in [2.75, 3.05) is 0 Å². The Balaban J connectivity index is 2.24. The SMILES string of the molecule is CC(c1ccc(Cl)cc1Cl)N(Br)C(=O)c1ccccc1. The lowest BCUT2D eigenvalue weighted by Crippen LogP contribution is -2.24. The summed E-state index contributed by atoms with van der Waals surface area (Å²) in [6, 6.07) is 14.1. The Labute approximate surface area is 136 Å². The Morgan fingerprint density at radius 2 is 1.80 bits per heavy atom. The lowest BCUT2D eigenvalue weighted by atomic mass is 10.1. The topological polar surface area (TPSA) is 20.3 Å². The van der Waals surface area contributed by atoms with Gasteiger partial charge in [-0.3, -0.25) is 8.72 Å². The zero-order valence-electron chi connectivity index (χ0n) is 10.7. The zero-order chi connectivity index (χ0) is 14.7. The van der Waals surface area contributed by atoms with Crippen LogP contribution in [-0.4, -0.2) is 9.83 Å². The molecule has 1 atom stereocenters. The second kappa shape index (κ2) is 6.61. The lowest BCUT2D eigenvalue weighted by molar-refractivity contribution is 0.0850. The van der Waals surface area contributed by atoms with Gasteiger partial charge in [-0.25, -0.2) is 0 Å². The van der Waals surface area contributed by atoms with Crippen LogP contribution in [0.15, 0.2) is 48.5 Å². The molecule has 0 aromatic heterocycles. The van der Waals surface area contributed by atoms with E-state index < -0.39 is 0 Å². The van der Waals surface area contributed by atoms with Crippen molar-refractivity contribution in [3.63, 3.8) is 0 Å². The van der Waals surface area contributed by atoms with Crippen molar-refractivity contribution in [3.05, 3.63) is 69.7 Å². The van der Waals surface area contributed by atoms with E-state index in [2.05, 4.69) is 16.1 Å². The molecule has 0 saturated carbocycles. The van der Waals surface area contributed by atoms with E-state index in [9.17, 15) is 4.79 Å². The summed E-state index contributed by atoms with van der Waals surface area (Å²) in [5, 5.41) is 1.11. The van der Waals surface area contributed by atoms with Crippen LogP contribution in [0.3, 0.4) is 0 Å². The molecule has 2 aromatic rings. The molecule has 104 valence electrons.